The first-order valence-electron chi connectivity index (χ1n) is 14.5. The first kappa shape index (κ1) is 24.5. The summed E-state index contributed by atoms with van der Waals surface area (Å²) >= 11 is 0. The minimum atomic E-state index is 0.521. The number of furan rings is 1. The van der Waals surface area contributed by atoms with Crippen molar-refractivity contribution in [3.63, 3.8) is 0 Å². The summed E-state index contributed by atoms with van der Waals surface area (Å²) in [6.45, 7) is 0. The van der Waals surface area contributed by atoms with E-state index < -0.39 is 0 Å². The summed E-state index contributed by atoms with van der Waals surface area (Å²) in [5, 5.41) is 4.33. The Morgan fingerprint density at radius 1 is 0.500 bits per heavy atom. The molecular weight excluding hydrogens is 542 g/mol. The number of para-hydroxylation sites is 2. The van der Waals surface area contributed by atoms with Gasteiger partial charge in [0, 0.05) is 50.6 Å². The van der Waals surface area contributed by atoms with Gasteiger partial charge in [-0.15, -0.1) is 0 Å². The molecule has 6 heteroatoms. The zero-order valence-electron chi connectivity index (χ0n) is 23.4. The number of aromatic nitrogens is 5. The summed E-state index contributed by atoms with van der Waals surface area (Å²) in [6, 6.07) is 45.2. The minimum absolute atomic E-state index is 0.521. The van der Waals surface area contributed by atoms with Gasteiger partial charge in [-0.3, -0.25) is 4.98 Å². The summed E-state index contributed by atoms with van der Waals surface area (Å²) in [7, 11) is 0. The van der Waals surface area contributed by atoms with Crippen molar-refractivity contribution in [3.05, 3.63) is 140 Å². The van der Waals surface area contributed by atoms with E-state index in [0.29, 0.717) is 23.2 Å². The molecule has 5 aromatic carbocycles. The Morgan fingerprint density at radius 3 is 2.09 bits per heavy atom. The molecule has 9 aromatic rings. The average Bonchev–Trinajstić information content (AvgIpc) is 3.63. The fourth-order valence-electron chi connectivity index (χ4n) is 6.15. The van der Waals surface area contributed by atoms with Crippen molar-refractivity contribution in [1.29, 1.82) is 0 Å². The maximum atomic E-state index is 6.54. The quantitative estimate of drug-likeness (QED) is 0.213. The Bertz CT molecular complexity index is 2430. The molecule has 6 nitrogen and oxygen atoms in total. The van der Waals surface area contributed by atoms with Gasteiger partial charge < -0.3 is 8.98 Å². The summed E-state index contributed by atoms with van der Waals surface area (Å²) in [5.41, 5.74) is 7.41. The van der Waals surface area contributed by atoms with E-state index in [9.17, 15) is 0 Å². The Morgan fingerprint density at radius 2 is 1.25 bits per heavy atom. The number of hydrogen-bond acceptors (Lipinski definition) is 5. The number of fused-ring (bicyclic) bond motifs is 6. The third-order valence-corrected chi connectivity index (χ3v) is 8.11. The maximum absolute atomic E-state index is 6.54. The molecule has 0 aliphatic heterocycles. The second-order valence-electron chi connectivity index (χ2n) is 10.7. The van der Waals surface area contributed by atoms with Gasteiger partial charge in [0.1, 0.15) is 16.9 Å². The second-order valence-corrected chi connectivity index (χ2v) is 10.7. The van der Waals surface area contributed by atoms with Crippen LogP contribution in [0.4, 0.5) is 0 Å². The lowest BCUT2D eigenvalue weighted by Crippen LogP contribution is -2.01. The van der Waals surface area contributed by atoms with Crippen LogP contribution in [-0.4, -0.2) is 24.5 Å². The van der Waals surface area contributed by atoms with E-state index in [-0.39, 0.29) is 0 Å². The van der Waals surface area contributed by atoms with Crippen molar-refractivity contribution in [2.45, 2.75) is 0 Å². The normalized spacial score (nSPS) is 11.6. The molecule has 0 amide bonds. The van der Waals surface area contributed by atoms with Crippen LogP contribution in [0.2, 0.25) is 0 Å². The molecule has 0 saturated heterocycles. The van der Waals surface area contributed by atoms with E-state index in [0.717, 1.165) is 55.2 Å². The predicted octanol–water partition coefficient (Wildman–Crippen LogP) is 9.26. The van der Waals surface area contributed by atoms with Crippen molar-refractivity contribution < 1.29 is 4.42 Å². The van der Waals surface area contributed by atoms with E-state index in [4.69, 9.17) is 19.4 Å². The summed E-state index contributed by atoms with van der Waals surface area (Å²) in [4.78, 5) is 19.3. The monoisotopic (exact) mass is 565 g/mol. The Hall–Kier alpha value is -6.14. The lowest BCUT2D eigenvalue weighted by Gasteiger charge is -2.09. The zero-order chi connectivity index (χ0) is 29.0. The van der Waals surface area contributed by atoms with Crippen molar-refractivity contribution >= 4 is 43.7 Å². The van der Waals surface area contributed by atoms with Gasteiger partial charge in [-0.1, -0.05) is 84.9 Å². The van der Waals surface area contributed by atoms with Gasteiger partial charge in [0.15, 0.2) is 17.5 Å². The zero-order valence-corrected chi connectivity index (χ0v) is 23.4. The highest BCUT2D eigenvalue weighted by molar-refractivity contribution is 6.19. The van der Waals surface area contributed by atoms with Gasteiger partial charge >= 0.3 is 0 Å². The van der Waals surface area contributed by atoms with Crippen molar-refractivity contribution in [3.8, 4) is 40.0 Å². The van der Waals surface area contributed by atoms with E-state index in [1.165, 1.54) is 5.39 Å². The van der Waals surface area contributed by atoms with Gasteiger partial charge in [0.05, 0.1) is 11.0 Å². The van der Waals surface area contributed by atoms with Crippen molar-refractivity contribution in [1.82, 2.24) is 24.5 Å². The minimum Gasteiger partial charge on any atom is -0.456 e. The van der Waals surface area contributed by atoms with Crippen LogP contribution in [-0.2, 0) is 0 Å². The van der Waals surface area contributed by atoms with Crippen LogP contribution in [0.3, 0.4) is 0 Å². The molecule has 0 spiro atoms. The molecule has 0 fully saturated rings. The Labute approximate surface area is 251 Å². The third kappa shape index (κ3) is 3.82. The molecule has 9 rings (SSSR count). The molecule has 0 radical (unpaired) electrons. The van der Waals surface area contributed by atoms with Gasteiger partial charge in [-0.05, 0) is 42.5 Å². The van der Waals surface area contributed by atoms with Crippen LogP contribution in [0.5, 0.6) is 0 Å². The number of rotatable bonds is 4. The predicted molar refractivity (Wildman–Crippen MR) is 176 cm³/mol. The Kier molecular flexibility index (Phi) is 5.40. The highest BCUT2D eigenvalue weighted by atomic mass is 16.3. The lowest BCUT2D eigenvalue weighted by molar-refractivity contribution is 0.669. The molecule has 4 heterocycles. The topological polar surface area (TPSA) is 69.6 Å². The summed E-state index contributed by atoms with van der Waals surface area (Å²) < 4.78 is 8.84. The van der Waals surface area contributed by atoms with Crippen molar-refractivity contribution in [2.75, 3.05) is 0 Å². The second kappa shape index (κ2) is 9.71. The molecule has 0 atom stereocenters. The molecule has 0 N–H and O–H groups in total. The number of hydrogen-bond donors (Lipinski definition) is 0. The number of benzene rings is 5. The molecule has 0 unspecified atom stereocenters. The van der Waals surface area contributed by atoms with Crippen molar-refractivity contribution in [2.24, 2.45) is 0 Å². The summed E-state index contributed by atoms with van der Waals surface area (Å²) in [6.07, 6.45) is 1.75. The van der Waals surface area contributed by atoms with Crippen LogP contribution in [0.15, 0.2) is 144 Å². The number of pyridine rings is 1. The molecule has 44 heavy (non-hydrogen) atoms. The molecule has 0 aliphatic carbocycles. The first-order chi connectivity index (χ1) is 21.8. The van der Waals surface area contributed by atoms with E-state index >= 15 is 0 Å². The maximum Gasteiger partial charge on any atom is 0.182 e. The van der Waals surface area contributed by atoms with E-state index in [2.05, 4.69) is 76.3 Å². The average molecular weight is 566 g/mol. The molecular formula is C38H23N5O. The first-order valence-corrected chi connectivity index (χ1v) is 14.5. The highest BCUT2D eigenvalue weighted by Crippen LogP contribution is 2.41. The summed E-state index contributed by atoms with van der Waals surface area (Å²) in [5.74, 6) is 1.68. The van der Waals surface area contributed by atoms with Crippen LogP contribution >= 0.6 is 0 Å². The molecule has 0 bridgehead atoms. The van der Waals surface area contributed by atoms with E-state index in [1.807, 2.05) is 66.7 Å². The SMILES string of the molecule is c1ccc(-c2nc(-c3ccccn3)nc(-c3cccc4oc5cc6c(cc5c34)c3ccccc3n6-c3ccccc3)n2)cc1. The van der Waals surface area contributed by atoms with E-state index in [1.54, 1.807) is 6.20 Å². The fraction of sp³-hybridized carbons (Fsp3) is 0. The third-order valence-electron chi connectivity index (χ3n) is 8.11. The molecule has 0 saturated carbocycles. The molecule has 4 aromatic heterocycles. The lowest BCUT2D eigenvalue weighted by atomic mass is 10.0. The smallest absolute Gasteiger partial charge is 0.182 e. The largest absolute Gasteiger partial charge is 0.456 e. The fourth-order valence-corrected chi connectivity index (χ4v) is 6.15. The van der Waals surface area contributed by atoms with Gasteiger partial charge in [-0.25, -0.2) is 15.0 Å². The molecule has 0 aliphatic rings. The standard InChI is InChI=1S/C38H23N5O/c1-3-12-24(13-4-1)36-40-37(42-38(41-36)30-18-9-10-21-39-30)27-17-11-20-33-35(27)29-22-28-26-16-7-8-19-31(26)43(25-14-5-2-6-15-25)32(28)23-34(29)44-33/h1-23H. The Balaban J connectivity index is 1.34. The number of nitrogens with zero attached hydrogens (tertiary/aromatic N) is 5. The van der Waals surface area contributed by atoms with Crippen LogP contribution in [0.25, 0.3) is 83.7 Å². The van der Waals surface area contributed by atoms with Crippen LogP contribution in [0.1, 0.15) is 0 Å². The highest BCUT2D eigenvalue weighted by Gasteiger charge is 2.20. The van der Waals surface area contributed by atoms with Gasteiger partial charge in [-0.2, -0.15) is 0 Å². The van der Waals surface area contributed by atoms with Crippen LogP contribution < -0.4 is 0 Å². The van der Waals surface area contributed by atoms with Gasteiger partial charge in [0.2, 0.25) is 0 Å². The molecule has 206 valence electrons. The van der Waals surface area contributed by atoms with Gasteiger partial charge in [0.25, 0.3) is 0 Å². The van der Waals surface area contributed by atoms with Crippen LogP contribution in [0, 0.1) is 0 Å².